The number of ether oxygens (including phenoxy) is 2. The van der Waals surface area contributed by atoms with Crippen LogP contribution in [0.1, 0.15) is 62.5 Å². The van der Waals surface area contributed by atoms with E-state index in [1.165, 1.54) is 18.4 Å². The fourth-order valence-electron chi connectivity index (χ4n) is 3.43. The average molecular weight is 654 g/mol. The van der Waals surface area contributed by atoms with Gasteiger partial charge in [0.05, 0.1) is 0 Å². The Kier molecular flexibility index (Phi) is 11.4. The first-order valence-electron chi connectivity index (χ1n) is 13.6. The highest BCUT2D eigenvalue weighted by atomic mass is 32.1. The minimum absolute atomic E-state index is 0.153. The van der Waals surface area contributed by atoms with Crippen LogP contribution in [0.5, 0.6) is 0 Å². The molecule has 4 rings (SSSR count). The minimum atomic E-state index is -1.20. The van der Waals surface area contributed by atoms with Gasteiger partial charge >= 0.3 is 18.2 Å². The van der Waals surface area contributed by atoms with Gasteiger partial charge in [-0.25, -0.2) is 24.4 Å². The third-order valence-corrected chi connectivity index (χ3v) is 7.21. The molecular weight excluding hydrogens is 619 g/mol. The second-order valence-electron chi connectivity index (χ2n) is 11.3. The van der Waals surface area contributed by atoms with E-state index in [0.29, 0.717) is 15.0 Å². The van der Waals surface area contributed by atoms with Gasteiger partial charge < -0.3 is 19.9 Å². The molecule has 0 saturated carbocycles. The van der Waals surface area contributed by atoms with Crippen molar-refractivity contribution < 1.29 is 33.8 Å². The smallest absolute Gasteiger partial charge is 0.412 e. The highest BCUT2D eigenvalue weighted by molar-refractivity contribution is 7.19. The number of carbonyl (C=O) groups is 4. The Balaban J connectivity index is 0.000000246. The van der Waals surface area contributed by atoms with Crippen LogP contribution >= 0.6 is 22.7 Å². The van der Waals surface area contributed by atoms with E-state index in [1.54, 1.807) is 41.5 Å². The SMILES string of the molecule is CC(C)(C)OC(=O)Nc1sc(-c2ccccc2)nc1C(=O)O.CNC(=O)c1nc(-c2ccccc2)sc1NC(=O)OC(C)(C)C. The van der Waals surface area contributed by atoms with Gasteiger partial charge in [0.15, 0.2) is 11.4 Å². The van der Waals surface area contributed by atoms with Crippen molar-refractivity contribution in [3.05, 3.63) is 72.1 Å². The number of benzene rings is 2. The number of nitrogens with one attached hydrogen (secondary N) is 3. The van der Waals surface area contributed by atoms with Gasteiger partial charge in [0.2, 0.25) is 0 Å². The van der Waals surface area contributed by atoms with Gasteiger partial charge in [-0.15, -0.1) is 0 Å². The van der Waals surface area contributed by atoms with E-state index in [1.807, 2.05) is 60.7 Å². The van der Waals surface area contributed by atoms with E-state index in [0.717, 1.165) is 22.5 Å². The number of anilines is 2. The summed E-state index contributed by atoms with van der Waals surface area (Å²) in [5.41, 5.74) is 0.342. The van der Waals surface area contributed by atoms with E-state index in [2.05, 4.69) is 25.9 Å². The van der Waals surface area contributed by atoms with Crippen LogP contribution in [0.25, 0.3) is 21.1 Å². The highest BCUT2D eigenvalue weighted by Gasteiger charge is 2.24. The molecule has 45 heavy (non-hydrogen) atoms. The van der Waals surface area contributed by atoms with Crippen molar-refractivity contribution in [1.29, 1.82) is 0 Å². The molecule has 0 fully saturated rings. The Bertz CT molecular complexity index is 1640. The van der Waals surface area contributed by atoms with Crippen LogP contribution in [-0.4, -0.2) is 57.4 Å². The zero-order chi connectivity index (χ0) is 33.4. The quantitative estimate of drug-likeness (QED) is 0.166. The summed E-state index contributed by atoms with van der Waals surface area (Å²) in [5.74, 6) is -1.57. The number of amides is 3. The standard InChI is InChI=1S/C16H19N3O3S.C15H16N2O4S/c1-16(2,3)22-15(21)19-14-11(12(20)17-4)18-13(23-14)10-8-6-5-7-9-10;1-15(2,3)21-14(20)17-12-10(13(18)19)16-11(22-12)9-7-5-4-6-8-9/h5-9H,1-4H3,(H,17,20)(H,19,21);4-8H,1-3H3,(H,17,20)(H,18,19). The number of nitrogens with zero attached hydrogens (tertiary/aromatic N) is 2. The van der Waals surface area contributed by atoms with Crippen LogP contribution in [-0.2, 0) is 9.47 Å². The summed E-state index contributed by atoms with van der Waals surface area (Å²) < 4.78 is 10.3. The Morgan fingerprint density at radius 1 is 0.667 bits per heavy atom. The molecule has 0 bridgehead atoms. The lowest BCUT2D eigenvalue weighted by Crippen LogP contribution is -2.28. The first-order chi connectivity index (χ1) is 21.1. The van der Waals surface area contributed by atoms with Gasteiger partial charge in [-0.2, -0.15) is 0 Å². The largest absolute Gasteiger partial charge is 0.476 e. The van der Waals surface area contributed by atoms with E-state index in [4.69, 9.17) is 9.47 Å². The van der Waals surface area contributed by atoms with Crippen molar-refractivity contribution in [3.8, 4) is 21.1 Å². The van der Waals surface area contributed by atoms with Crippen LogP contribution in [0.2, 0.25) is 0 Å². The Hall–Kier alpha value is -4.82. The molecule has 2 aromatic carbocycles. The van der Waals surface area contributed by atoms with Gasteiger partial charge in [0.25, 0.3) is 5.91 Å². The predicted molar refractivity (Wildman–Crippen MR) is 175 cm³/mol. The maximum Gasteiger partial charge on any atom is 0.412 e. The fraction of sp³-hybridized carbons (Fsp3) is 0.290. The van der Waals surface area contributed by atoms with Crippen molar-refractivity contribution in [2.75, 3.05) is 17.7 Å². The van der Waals surface area contributed by atoms with Crippen molar-refractivity contribution in [1.82, 2.24) is 15.3 Å². The Morgan fingerprint density at radius 3 is 1.40 bits per heavy atom. The zero-order valence-corrected chi connectivity index (χ0v) is 27.5. The molecule has 0 atom stereocenters. The van der Waals surface area contributed by atoms with Crippen LogP contribution in [0.4, 0.5) is 19.6 Å². The Morgan fingerprint density at radius 2 is 1.04 bits per heavy atom. The highest BCUT2D eigenvalue weighted by Crippen LogP contribution is 2.33. The molecule has 3 amide bonds. The van der Waals surface area contributed by atoms with Gasteiger partial charge in [-0.1, -0.05) is 83.3 Å². The predicted octanol–water partition coefficient (Wildman–Crippen LogP) is 7.37. The minimum Gasteiger partial charge on any atom is -0.476 e. The maximum atomic E-state index is 12.0. The molecule has 0 aliphatic rings. The van der Waals surface area contributed by atoms with Crippen LogP contribution < -0.4 is 16.0 Å². The second kappa shape index (κ2) is 14.8. The van der Waals surface area contributed by atoms with E-state index in [9.17, 15) is 24.3 Å². The van der Waals surface area contributed by atoms with E-state index < -0.39 is 29.4 Å². The number of rotatable bonds is 6. The van der Waals surface area contributed by atoms with Crippen molar-refractivity contribution >= 4 is 56.7 Å². The summed E-state index contributed by atoms with van der Waals surface area (Å²) in [4.78, 5) is 55.4. The monoisotopic (exact) mass is 653 g/mol. The first-order valence-corrected chi connectivity index (χ1v) is 15.3. The summed E-state index contributed by atoms with van der Waals surface area (Å²) in [6.07, 6.45) is -1.33. The Labute approximate surface area is 268 Å². The maximum absolute atomic E-state index is 12.0. The molecular formula is C31H35N5O7S2. The van der Waals surface area contributed by atoms with Gasteiger partial charge in [-0.05, 0) is 41.5 Å². The number of thiazole rings is 2. The normalized spacial score (nSPS) is 11.0. The molecule has 0 aliphatic heterocycles. The molecule has 4 aromatic rings. The second-order valence-corrected chi connectivity index (χ2v) is 13.3. The lowest BCUT2D eigenvalue weighted by atomic mass is 10.2. The summed E-state index contributed by atoms with van der Waals surface area (Å²) in [7, 11) is 1.52. The number of carbonyl (C=O) groups excluding carboxylic acids is 3. The molecule has 4 N–H and O–H groups in total. The molecule has 14 heteroatoms. The number of aromatic nitrogens is 2. The van der Waals surface area contributed by atoms with Crippen molar-refractivity contribution in [2.45, 2.75) is 52.7 Å². The van der Waals surface area contributed by atoms with Crippen LogP contribution in [0, 0.1) is 0 Å². The first kappa shape index (κ1) is 34.7. The van der Waals surface area contributed by atoms with Crippen molar-refractivity contribution in [3.63, 3.8) is 0 Å². The zero-order valence-electron chi connectivity index (χ0n) is 25.9. The number of hydrogen-bond acceptors (Lipinski definition) is 10. The third kappa shape index (κ3) is 10.7. The number of carboxylic acid groups (broad SMARTS) is 1. The van der Waals surface area contributed by atoms with Crippen LogP contribution in [0.15, 0.2) is 60.7 Å². The van der Waals surface area contributed by atoms with Gasteiger partial charge in [-0.3, -0.25) is 15.4 Å². The lowest BCUT2D eigenvalue weighted by molar-refractivity contribution is 0.0624. The van der Waals surface area contributed by atoms with E-state index >= 15 is 0 Å². The number of hydrogen-bond donors (Lipinski definition) is 4. The molecule has 0 unspecified atom stereocenters. The molecule has 0 radical (unpaired) electrons. The van der Waals surface area contributed by atoms with E-state index in [-0.39, 0.29) is 22.3 Å². The molecule has 0 saturated heterocycles. The number of carboxylic acids is 1. The summed E-state index contributed by atoms with van der Waals surface area (Å²) in [6, 6.07) is 18.6. The molecule has 2 aromatic heterocycles. The van der Waals surface area contributed by atoms with Crippen molar-refractivity contribution in [2.24, 2.45) is 0 Å². The summed E-state index contributed by atoms with van der Waals surface area (Å²) in [6.45, 7) is 10.5. The van der Waals surface area contributed by atoms with Gasteiger partial charge in [0.1, 0.15) is 31.2 Å². The third-order valence-electron chi connectivity index (χ3n) is 5.17. The average Bonchev–Trinajstić information content (AvgIpc) is 3.56. The molecule has 2 heterocycles. The summed E-state index contributed by atoms with van der Waals surface area (Å²) in [5, 5.41) is 18.5. The number of aromatic carboxylic acids is 1. The fourth-order valence-corrected chi connectivity index (χ4v) is 5.33. The molecule has 12 nitrogen and oxygen atoms in total. The topological polar surface area (TPSA) is 169 Å². The molecule has 0 aliphatic carbocycles. The van der Waals surface area contributed by atoms with Gasteiger partial charge in [0, 0.05) is 18.2 Å². The van der Waals surface area contributed by atoms with Crippen LogP contribution in [0.3, 0.4) is 0 Å². The molecule has 0 spiro atoms. The lowest BCUT2D eigenvalue weighted by Gasteiger charge is -2.19. The summed E-state index contributed by atoms with van der Waals surface area (Å²) >= 11 is 2.32. The molecule has 238 valence electrons.